The van der Waals surface area contributed by atoms with E-state index in [0.717, 1.165) is 0 Å². The van der Waals surface area contributed by atoms with Gasteiger partial charge in [0.1, 0.15) is 6.10 Å². The van der Waals surface area contributed by atoms with Gasteiger partial charge >= 0.3 is 0 Å². The molecule has 1 amide bonds. The molecule has 1 saturated heterocycles. The fraction of sp³-hybridized carbons (Fsp3) is 0.421. The summed E-state index contributed by atoms with van der Waals surface area (Å²) in [4.78, 5) is 16.3. The molecule has 5 atom stereocenters. The predicted molar refractivity (Wildman–Crippen MR) is 105 cm³/mol. The average Bonchev–Trinajstić information content (AvgIpc) is 3.01. The number of hydrogen-bond donors (Lipinski definition) is 3. The van der Waals surface area contributed by atoms with Gasteiger partial charge in [0.05, 0.1) is 35.7 Å². The van der Waals surface area contributed by atoms with Crippen LogP contribution in [0.25, 0.3) is 0 Å². The van der Waals surface area contributed by atoms with E-state index in [2.05, 4.69) is 18.0 Å². The zero-order valence-corrected chi connectivity index (χ0v) is 15.8. The topological polar surface area (TPSA) is 99.8 Å². The number of carbonyl (C=O) groups excluding carboxylic acids is 1. The fourth-order valence-corrected chi connectivity index (χ4v) is 4.28. The van der Waals surface area contributed by atoms with Crippen LogP contribution in [-0.4, -0.2) is 64.0 Å². The van der Waals surface area contributed by atoms with Gasteiger partial charge in [0, 0.05) is 19.3 Å². The van der Waals surface area contributed by atoms with Crippen LogP contribution in [0.4, 0.5) is 5.69 Å². The Balaban J connectivity index is 2.02. The van der Waals surface area contributed by atoms with Crippen LogP contribution in [-0.2, 0) is 4.79 Å². The summed E-state index contributed by atoms with van der Waals surface area (Å²) in [6, 6.07) is 7.99. The number of benzene rings is 1. The summed E-state index contributed by atoms with van der Waals surface area (Å²) in [6.07, 6.45) is -0.319. The molecule has 142 valence electrons. The number of carbonyl (C=O) groups is 1. The number of hydrogen-bond acceptors (Lipinski definition) is 5. The maximum absolute atomic E-state index is 13.0. The molecular weight excluding hydrogens is 364 g/mol. The Hall–Kier alpha value is -2.47. The van der Waals surface area contributed by atoms with Gasteiger partial charge < -0.3 is 25.3 Å². The van der Waals surface area contributed by atoms with Crippen molar-refractivity contribution in [3.8, 4) is 6.07 Å². The molecule has 1 aromatic rings. The molecule has 1 heterocycles. The second-order valence-electron chi connectivity index (χ2n) is 6.91. The molecule has 7 nitrogen and oxygen atoms in total. The first-order valence-corrected chi connectivity index (χ1v) is 9.11. The molecule has 0 aromatic heterocycles. The number of rotatable bonds is 4. The van der Waals surface area contributed by atoms with Gasteiger partial charge in [-0.3, -0.25) is 4.79 Å². The molecule has 0 bridgehead atoms. The minimum Gasteiger partial charge on any atom is -0.390 e. The third kappa shape index (κ3) is 3.41. The van der Waals surface area contributed by atoms with E-state index >= 15 is 0 Å². The third-order valence-electron chi connectivity index (χ3n) is 5.19. The molecule has 1 aliphatic heterocycles. The van der Waals surface area contributed by atoms with E-state index < -0.39 is 30.2 Å². The molecule has 2 fully saturated rings. The quantitative estimate of drug-likeness (QED) is 0.508. The standard InChI is InChI=1S/C19H22N4O3S/c1-3-7-22(2)18(26)13-9-14(24)17(25)15-16(13)23(19(27)21-15)12-6-4-5-11(8-12)10-20/h3-6,8,13-17,24-25H,1,7,9H2,2H3,(H,21,27)/t13-,14-,15-,16-,17+/m1/s1. The van der Waals surface area contributed by atoms with Crippen molar-refractivity contribution in [2.75, 3.05) is 18.5 Å². The first kappa shape index (κ1) is 19.3. The summed E-state index contributed by atoms with van der Waals surface area (Å²) >= 11 is 5.46. The largest absolute Gasteiger partial charge is 0.390 e. The lowest BCUT2D eigenvalue weighted by Gasteiger charge is -2.42. The minimum absolute atomic E-state index is 0.126. The summed E-state index contributed by atoms with van der Waals surface area (Å²) in [5, 5.41) is 33.4. The SMILES string of the molecule is C=CCN(C)C(=O)[C@@H]1C[C@@H](O)[C@H](O)[C@@H]2NC(=S)N(c3cccc(C#N)c3)[C@@H]21. The molecule has 3 rings (SSSR count). The first-order valence-electron chi connectivity index (χ1n) is 8.71. The predicted octanol–water partition coefficient (Wildman–Crippen LogP) is 0.376. The number of fused-ring (bicyclic) bond motifs is 1. The van der Waals surface area contributed by atoms with Crippen molar-refractivity contribution in [1.82, 2.24) is 10.2 Å². The van der Waals surface area contributed by atoms with Crippen molar-refractivity contribution in [3.63, 3.8) is 0 Å². The van der Waals surface area contributed by atoms with Crippen LogP contribution in [0.15, 0.2) is 36.9 Å². The zero-order chi connectivity index (χ0) is 19.7. The highest BCUT2D eigenvalue weighted by Gasteiger charge is 2.54. The lowest BCUT2D eigenvalue weighted by Crippen LogP contribution is -2.61. The molecule has 2 aliphatic rings. The molecule has 0 radical (unpaired) electrons. The van der Waals surface area contributed by atoms with Gasteiger partial charge in [-0.2, -0.15) is 5.26 Å². The van der Waals surface area contributed by atoms with E-state index in [9.17, 15) is 20.3 Å². The Kier molecular flexibility index (Phi) is 5.46. The molecule has 0 unspecified atom stereocenters. The molecule has 0 spiro atoms. The first-order chi connectivity index (χ1) is 12.9. The Bertz CT molecular complexity index is 808. The van der Waals surface area contributed by atoms with Gasteiger partial charge in [-0.25, -0.2) is 0 Å². The highest BCUT2D eigenvalue weighted by atomic mass is 32.1. The molecule has 1 aliphatic carbocycles. The van der Waals surface area contributed by atoms with Crippen molar-refractivity contribution in [2.24, 2.45) is 5.92 Å². The number of aliphatic hydroxyl groups is 2. The summed E-state index contributed by atoms with van der Waals surface area (Å²) in [5.41, 5.74) is 1.15. The van der Waals surface area contributed by atoms with Crippen LogP contribution in [0.2, 0.25) is 0 Å². The normalized spacial score (nSPS) is 29.5. The number of aliphatic hydroxyl groups excluding tert-OH is 2. The van der Waals surface area contributed by atoms with Crippen molar-refractivity contribution >= 4 is 28.9 Å². The Morgan fingerprint density at radius 1 is 1.56 bits per heavy atom. The van der Waals surface area contributed by atoms with Crippen molar-refractivity contribution < 1.29 is 15.0 Å². The molecule has 3 N–H and O–H groups in total. The summed E-state index contributed by atoms with van der Waals surface area (Å²) < 4.78 is 0. The average molecular weight is 386 g/mol. The van der Waals surface area contributed by atoms with Gasteiger partial charge in [-0.05, 0) is 36.8 Å². The number of nitrogens with zero attached hydrogens (tertiary/aromatic N) is 3. The van der Waals surface area contributed by atoms with Crippen LogP contribution in [0.1, 0.15) is 12.0 Å². The van der Waals surface area contributed by atoms with Crippen LogP contribution in [0.5, 0.6) is 0 Å². The maximum atomic E-state index is 13.0. The van der Waals surface area contributed by atoms with Gasteiger partial charge in [-0.1, -0.05) is 12.1 Å². The fourth-order valence-electron chi connectivity index (χ4n) is 3.92. The summed E-state index contributed by atoms with van der Waals surface area (Å²) in [7, 11) is 1.68. The van der Waals surface area contributed by atoms with Gasteiger partial charge in [-0.15, -0.1) is 6.58 Å². The van der Waals surface area contributed by atoms with E-state index in [1.54, 1.807) is 41.1 Å². The minimum atomic E-state index is -1.05. The van der Waals surface area contributed by atoms with E-state index in [1.165, 1.54) is 0 Å². The van der Waals surface area contributed by atoms with E-state index in [-0.39, 0.29) is 12.3 Å². The Morgan fingerprint density at radius 2 is 2.30 bits per heavy atom. The second-order valence-corrected chi connectivity index (χ2v) is 7.29. The number of anilines is 1. The van der Waals surface area contributed by atoms with Crippen molar-refractivity contribution in [1.29, 1.82) is 5.26 Å². The highest BCUT2D eigenvalue weighted by Crippen LogP contribution is 2.37. The maximum Gasteiger partial charge on any atom is 0.227 e. The van der Waals surface area contributed by atoms with Crippen molar-refractivity contribution in [2.45, 2.75) is 30.7 Å². The summed E-state index contributed by atoms with van der Waals surface area (Å²) in [6.45, 7) is 4.04. The van der Waals surface area contributed by atoms with Crippen LogP contribution in [0.3, 0.4) is 0 Å². The number of amides is 1. The van der Waals surface area contributed by atoms with Crippen LogP contribution in [0, 0.1) is 17.2 Å². The van der Waals surface area contributed by atoms with E-state index in [1.807, 2.05) is 6.07 Å². The molecule has 8 heteroatoms. The number of nitrogens with one attached hydrogen (secondary N) is 1. The molecular formula is C19H22N4O3S. The van der Waals surface area contributed by atoms with Gasteiger partial charge in [0.15, 0.2) is 5.11 Å². The second kappa shape index (κ2) is 7.64. The Morgan fingerprint density at radius 3 is 2.96 bits per heavy atom. The van der Waals surface area contributed by atoms with Gasteiger partial charge in [0.2, 0.25) is 5.91 Å². The monoisotopic (exact) mass is 386 g/mol. The highest BCUT2D eigenvalue weighted by molar-refractivity contribution is 7.80. The van der Waals surface area contributed by atoms with E-state index in [0.29, 0.717) is 22.9 Å². The van der Waals surface area contributed by atoms with E-state index in [4.69, 9.17) is 12.2 Å². The third-order valence-corrected chi connectivity index (χ3v) is 5.51. The lowest BCUT2D eigenvalue weighted by atomic mass is 9.77. The smallest absolute Gasteiger partial charge is 0.227 e. The summed E-state index contributed by atoms with van der Waals surface area (Å²) in [5.74, 6) is -0.721. The molecule has 1 aromatic carbocycles. The number of thiocarbonyl (C=S) groups is 1. The van der Waals surface area contributed by atoms with Crippen molar-refractivity contribution in [3.05, 3.63) is 42.5 Å². The number of likely N-dealkylation sites (N-methyl/N-ethyl adjacent to an activating group) is 1. The Labute approximate surface area is 163 Å². The lowest BCUT2D eigenvalue weighted by molar-refractivity contribution is -0.139. The van der Waals surface area contributed by atoms with Gasteiger partial charge in [0.25, 0.3) is 0 Å². The molecule has 1 saturated carbocycles. The molecule has 27 heavy (non-hydrogen) atoms. The van der Waals surface area contributed by atoms with Crippen LogP contribution < -0.4 is 10.2 Å². The van der Waals surface area contributed by atoms with Crippen LogP contribution >= 0.6 is 12.2 Å². The zero-order valence-electron chi connectivity index (χ0n) is 14.9. The number of nitriles is 1.